The van der Waals surface area contributed by atoms with Gasteiger partial charge in [0, 0.05) is 18.2 Å². The summed E-state index contributed by atoms with van der Waals surface area (Å²) in [5.74, 6) is -0.181. The highest BCUT2D eigenvalue weighted by Gasteiger charge is 2.29. The monoisotopic (exact) mass is 356 g/mol. The van der Waals surface area contributed by atoms with E-state index < -0.39 is 5.97 Å². The van der Waals surface area contributed by atoms with Crippen molar-refractivity contribution in [3.63, 3.8) is 0 Å². The van der Waals surface area contributed by atoms with Gasteiger partial charge >= 0.3 is 5.97 Å². The van der Waals surface area contributed by atoms with Gasteiger partial charge in [0.05, 0.1) is 5.56 Å². The van der Waals surface area contributed by atoms with Gasteiger partial charge in [-0.15, -0.1) is 0 Å². The first-order chi connectivity index (χ1) is 12.0. The van der Waals surface area contributed by atoms with Crippen LogP contribution in [0.2, 0.25) is 0 Å². The van der Waals surface area contributed by atoms with Gasteiger partial charge in [-0.05, 0) is 42.9 Å². The number of carboxylic acids is 1. The zero-order chi connectivity index (χ0) is 18.0. The molecule has 0 bridgehead atoms. The van der Waals surface area contributed by atoms with E-state index in [1.54, 1.807) is 30.3 Å². The maximum Gasteiger partial charge on any atom is 0.335 e. The number of aromatic carboxylic acids is 1. The first-order valence-corrected chi connectivity index (χ1v) is 8.18. The van der Waals surface area contributed by atoms with Gasteiger partial charge in [-0.1, -0.05) is 19.1 Å². The molecule has 1 aromatic heterocycles. The van der Waals surface area contributed by atoms with Crippen molar-refractivity contribution >= 4 is 35.3 Å². The summed E-state index contributed by atoms with van der Waals surface area (Å²) in [4.78, 5) is 24.9. The number of furan rings is 1. The van der Waals surface area contributed by atoms with E-state index in [9.17, 15) is 9.59 Å². The smallest absolute Gasteiger partial charge is 0.335 e. The Labute approximate surface area is 149 Å². The van der Waals surface area contributed by atoms with Gasteiger partial charge in [-0.3, -0.25) is 9.69 Å². The van der Waals surface area contributed by atoms with E-state index in [1.165, 1.54) is 17.0 Å². The van der Waals surface area contributed by atoms with E-state index >= 15 is 0 Å². The minimum atomic E-state index is -0.999. The molecule has 0 spiro atoms. The average Bonchev–Trinajstić information content (AvgIpc) is 3.16. The van der Waals surface area contributed by atoms with Crippen LogP contribution >= 0.6 is 12.2 Å². The molecule has 1 fully saturated rings. The molecule has 2 heterocycles. The standard InChI is InChI=1S/C18H16N2O4S/c1-2-8-20-16(21)14(19-18(20)25)10-13-6-7-15(24-13)11-4-3-5-12(9-11)17(22)23/h3-7,9-10H,2,8H2,1H3,(H,19,25)(H,22,23)/b14-10-. The zero-order valence-corrected chi connectivity index (χ0v) is 14.3. The Hall–Kier alpha value is -2.93. The number of nitrogens with one attached hydrogen (secondary N) is 1. The van der Waals surface area contributed by atoms with Gasteiger partial charge in [-0.25, -0.2) is 4.79 Å². The highest BCUT2D eigenvalue weighted by molar-refractivity contribution is 7.80. The summed E-state index contributed by atoms with van der Waals surface area (Å²) < 4.78 is 5.72. The summed E-state index contributed by atoms with van der Waals surface area (Å²) in [5.41, 5.74) is 1.19. The lowest BCUT2D eigenvalue weighted by Gasteiger charge is -2.11. The fourth-order valence-electron chi connectivity index (χ4n) is 2.53. The third-order valence-corrected chi connectivity index (χ3v) is 4.04. The molecule has 7 heteroatoms. The maximum atomic E-state index is 12.3. The second-order valence-electron chi connectivity index (χ2n) is 5.53. The van der Waals surface area contributed by atoms with Crippen LogP contribution in [0.4, 0.5) is 0 Å². The molecule has 128 valence electrons. The minimum absolute atomic E-state index is 0.182. The molecule has 0 saturated carbocycles. The van der Waals surface area contributed by atoms with Crippen LogP contribution in [-0.4, -0.2) is 33.5 Å². The lowest BCUT2D eigenvalue weighted by Crippen LogP contribution is -2.31. The summed E-state index contributed by atoms with van der Waals surface area (Å²) in [6.45, 7) is 2.54. The predicted molar refractivity (Wildman–Crippen MR) is 96.8 cm³/mol. The zero-order valence-electron chi connectivity index (χ0n) is 13.5. The number of nitrogens with zero attached hydrogens (tertiary/aromatic N) is 1. The lowest BCUT2D eigenvalue weighted by atomic mass is 10.1. The van der Waals surface area contributed by atoms with E-state index in [-0.39, 0.29) is 11.5 Å². The van der Waals surface area contributed by atoms with Gasteiger partial charge < -0.3 is 14.8 Å². The normalized spacial score (nSPS) is 15.7. The first kappa shape index (κ1) is 16.9. The Morgan fingerprint density at radius 1 is 1.36 bits per heavy atom. The third kappa shape index (κ3) is 3.46. The topological polar surface area (TPSA) is 82.8 Å². The van der Waals surface area contributed by atoms with Gasteiger partial charge in [-0.2, -0.15) is 0 Å². The fourth-order valence-corrected chi connectivity index (χ4v) is 2.82. The molecule has 1 saturated heterocycles. The summed E-state index contributed by atoms with van der Waals surface area (Å²) in [6, 6.07) is 9.92. The number of hydrogen-bond donors (Lipinski definition) is 2. The first-order valence-electron chi connectivity index (χ1n) is 7.77. The van der Waals surface area contributed by atoms with Crippen molar-refractivity contribution in [3.8, 4) is 11.3 Å². The Morgan fingerprint density at radius 2 is 2.16 bits per heavy atom. The second kappa shape index (κ2) is 6.90. The number of carbonyl (C=O) groups excluding carboxylic acids is 1. The molecule has 1 amide bonds. The van der Waals surface area contributed by atoms with Crippen molar-refractivity contribution in [2.45, 2.75) is 13.3 Å². The molecule has 6 nitrogen and oxygen atoms in total. The fraction of sp³-hybridized carbons (Fsp3) is 0.167. The van der Waals surface area contributed by atoms with Crippen LogP contribution in [0.25, 0.3) is 17.4 Å². The van der Waals surface area contributed by atoms with Crippen LogP contribution in [0.1, 0.15) is 29.5 Å². The van der Waals surface area contributed by atoms with Crippen LogP contribution in [0.5, 0.6) is 0 Å². The number of carboxylic acid groups (broad SMARTS) is 1. The molecule has 0 aliphatic carbocycles. The summed E-state index contributed by atoms with van der Waals surface area (Å²) in [5, 5.41) is 12.4. The number of carbonyl (C=O) groups is 2. The molecule has 0 atom stereocenters. The highest BCUT2D eigenvalue weighted by Crippen LogP contribution is 2.25. The SMILES string of the molecule is CCCN1C(=O)/C(=C/c2ccc(-c3cccc(C(=O)O)c3)o2)NC1=S. The van der Waals surface area contributed by atoms with Crippen molar-refractivity contribution in [2.75, 3.05) is 6.54 Å². The van der Waals surface area contributed by atoms with Gasteiger partial charge in [0.1, 0.15) is 17.2 Å². The lowest BCUT2D eigenvalue weighted by molar-refractivity contribution is -0.122. The Bertz CT molecular complexity index is 885. The highest BCUT2D eigenvalue weighted by atomic mass is 32.1. The number of thiocarbonyl (C=S) groups is 1. The van der Waals surface area contributed by atoms with Crippen molar-refractivity contribution < 1.29 is 19.1 Å². The quantitative estimate of drug-likeness (QED) is 0.633. The molecule has 2 N–H and O–H groups in total. The molecular weight excluding hydrogens is 340 g/mol. The van der Waals surface area contributed by atoms with Crippen molar-refractivity contribution in [2.24, 2.45) is 0 Å². The van der Waals surface area contributed by atoms with Crippen LogP contribution in [-0.2, 0) is 4.79 Å². The van der Waals surface area contributed by atoms with Crippen LogP contribution in [0.15, 0.2) is 46.5 Å². The maximum absolute atomic E-state index is 12.3. The molecule has 1 aromatic carbocycles. The number of benzene rings is 1. The molecule has 3 rings (SSSR count). The molecule has 0 unspecified atom stereocenters. The molecule has 2 aromatic rings. The van der Waals surface area contributed by atoms with E-state index in [4.69, 9.17) is 21.7 Å². The molecular formula is C18H16N2O4S. The Kier molecular flexibility index (Phi) is 4.67. The largest absolute Gasteiger partial charge is 0.478 e. The van der Waals surface area contributed by atoms with Crippen LogP contribution in [0, 0.1) is 0 Å². The minimum Gasteiger partial charge on any atom is -0.478 e. The molecule has 25 heavy (non-hydrogen) atoms. The average molecular weight is 356 g/mol. The number of rotatable bonds is 5. The van der Waals surface area contributed by atoms with Crippen LogP contribution < -0.4 is 5.32 Å². The summed E-state index contributed by atoms with van der Waals surface area (Å²) >= 11 is 5.16. The number of hydrogen-bond acceptors (Lipinski definition) is 4. The van der Waals surface area contributed by atoms with Gasteiger partial charge in [0.15, 0.2) is 5.11 Å². The Balaban J connectivity index is 1.85. The second-order valence-corrected chi connectivity index (χ2v) is 5.92. The summed E-state index contributed by atoms with van der Waals surface area (Å²) in [7, 11) is 0. The third-order valence-electron chi connectivity index (χ3n) is 3.72. The van der Waals surface area contributed by atoms with E-state index in [0.717, 1.165) is 6.42 Å². The van der Waals surface area contributed by atoms with Crippen molar-refractivity contribution in [1.82, 2.24) is 10.2 Å². The molecule has 1 aliphatic heterocycles. The molecule has 0 radical (unpaired) electrons. The van der Waals surface area contributed by atoms with Crippen LogP contribution in [0.3, 0.4) is 0 Å². The van der Waals surface area contributed by atoms with E-state index in [2.05, 4.69) is 5.32 Å². The molecule has 1 aliphatic rings. The van der Waals surface area contributed by atoms with E-state index in [1.807, 2.05) is 6.92 Å². The van der Waals surface area contributed by atoms with E-state index in [0.29, 0.717) is 34.4 Å². The Morgan fingerprint density at radius 3 is 2.88 bits per heavy atom. The summed E-state index contributed by atoms with van der Waals surface area (Å²) in [6.07, 6.45) is 2.40. The van der Waals surface area contributed by atoms with Crippen molar-refractivity contribution in [3.05, 3.63) is 53.4 Å². The van der Waals surface area contributed by atoms with Gasteiger partial charge in [0.25, 0.3) is 5.91 Å². The predicted octanol–water partition coefficient (Wildman–Crippen LogP) is 3.11. The number of amides is 1. The van der Waals surface area contributed by atoms with Gasteiger partial charge in [0.2, 0.25) is 0 Å². The van der Waals surface area contributed by atoms with Crippen molar-refractivity contribution in [1.29, 1.82) is 0 Å².